The van der Waals surface area contributed by atoms with Crippen LogP contribution in [-0.4, -0.2) is 38.6 Å². The summed E-state index contributed by atoms with van der Waals surface area (Å²) in [5.74, 6) is -2.12. The Morgan fingerprint density at radius 2 is 1.80 bits per heavy atom. The number of nitrogens with zero attached hydrogens (tertiary/aromatic N) is 3. The number of carbonyl (C=O) groups excluding carboxylic acids is 3. The smallest absolute Gasteiger partial charge is 0.326 e. The van der Waals surface area contributed by atoms with Crippen LogP contribution in [0.3, 0.4) is 0 Å². The average molecular weight is 423 g/mol. The number of amides is 2. The number of hydrogen-bond donors (Lipinski definition) is 0. The van der Waals surface area contributed by atoms with Gasteiger partial charge in [-0.2, -0.15) is 0 Å². The van der Waals surface area contributed by atoms with Crippen molar-refractivity contribution in [3.05, 3.63) is 58.5 Å². The van der Waals surface area contributed by atoms with Crippen molar-refractivity contribution in [1.29, 1.82) is 0 Å². The van der Waals surface area contributed by atoms with Gasteiger partial charge in [-0.15, -0.1) is 0 Å². The van der Waals surface area contributed by atoms with E-state index >= 15 is 0 Å². The minimum absolute atomic E-state index is 0.205. The second-order valence-electron chi connectivity index (χ2n) is 7.35. The number of para-hydroxylation sites is 1. The molecule has 2 aromatic heterocycles. The van der Waals surface area contributed by atoms with E-state index in [-0.39, 0.29) is 35.8 Å². The summed E-state index contributed by atoms with van der Waals surface area (Å²) in [5, 5.41) is 0. The molecule has 1 aliphatic heterocycles. The molecule has 2 amide bonds. The molecule has 152 valence electrons. The lowest BCUT2D eigenvalue weighted by molar-refractivity contribution is -0.153. The van der Waals surface area contributed by atoms with Crippen LogP contribution in [0.15, 0.2) is 47.3 Å². The minimum atomic E-state index is -0.707. The predicted octanol–water partition coefficient (Wildman–Crippen LogP) is 1.90. The maximum Gasteiger partial charge on any atom is 0.326 e. The van der Waals surface area contributed by atoms with Crippen molar-refractivity contribution in [2.75, 3.05) is 6.54 Å². The minimum Gasteiger partial charge on any atom is -0.458 e. The van der Waals surface area contributed by atoms with Crippen molar-refractivity contribution in [2.24, 2.45) is 11.8 Å². The van der Waals surface area contributed by atoms with Gasteiger partial charge in [-0.1, -0.05) is 35.6 Å². The number of likely N-dealkylation sites (tertiary alicyclic amines) is 1. The van der Waals surface area contributed by atoms with E-state index in [1.54, 1.807) is 0 Å². The van der Waals surface area contributed by atoms with E-state index in [4.69, 9.17) is 4.74 Å². The number of fused-ring (bicyclic) bond motifs is 4. The Morgan fingerprint density at radius 3 is 2.53 bits per heavy atom. The molecule has 9 heteroatoms. The summed E-state index contributed by atoms with van der Waals surface area (Å²) in [6.07, 6.45) is 4.82. The quantitative estimate of drug-likeness (QED) is 0.361. The normalized spacial score (nSPS) is 20.9. The number of esters is 1. The largest absolute Gasteiger partial charge is 0.458 e. The summed E-state index contributed by atoms with van der Waals surface area (Å²) in [6.45, 7) is -0.627. The van der Waals surface area contributed by atoms with Crippen molar-refractivity contribution in [3.8, 4) is 0 Å². The predicted molar refractivity (Wildman–Crippen MR) is 109 cm³/mol. The first-order valence-electron chi connectivity index (χ1n) is 9.59. The Balaban J connectivity index is 1.29. The summed E-state index contributed by atoms with van der Waals surface area (Å²) < 4.78 is 7.66. The van der Waals surface area contributed by atoms with E-state index in [9.17, 15) is 19.2 Å². The summed E-state index contributed by atoms with van der Waals surface area (Å²) >= 11 is 1.37. The number of hydrogen-bond acceptors (Lipinski definition) is 7. The third-order valence-corrected chi connectivity index (χ3v) is 6.54. The van der Waals surface area contributed by atoms with E-state index in [1.165, 1.54) is 21.8 Å². The van der Waals surface area contributed by atoms with E-state index in [0.29, 0.717) is 23.5 Å². The molecule has 5 rings (SSSR count). The summed E-state index contributed by atoms with van der Waals surface area (Å²) in [5.41, 5.74) is 0.836. The topological polar surface area (TPSA) is 98.0 Å². The molecule has 1 aromatic carbocycles. The lowest BCUT2D eigenvalue weighted by atomic mass is 9.85. The molecule has 2 aliphatic rings. The molecule has 0 spiro atoms. The summed E-state index contributed by atoms with van der Waals surface area (Å²) in [4.78, 5) is 55.6. The van der Waals surface area contributed by atoms with Crippen LogP contribution in [-0.2, 0) is 25.7 Å². The fourth-order valence-corrected chi connectivity index (χ4v) is 5.10. The molecule has 0 N–H and O–H groups in total. The maximum atomic E-state index is 12.5. The Hall–Kier alpha value is -3.33. The number of aromatic nitrogens is 2. The zero-order valence-electron chi connectivity index (χ0n) is 15.8. The Labute approximate surface area is 174 Å². The molecule has 1 saturated heterocycles. The lowest BCUT2D eigenvalue weighted by Crippen LogP contribution is -2.36. The molecule has 0 unspecified atom stereocenters. The molecule has 0 saturated carbocycles. The summed E-state index contributed by atoms with van der Waals surface area (Å²) in [7, 11) is 0. The van der Waals surface area contributed by atoms with Crippen molar-refractivity contribution in [2.45, 2.75) is 19.4 Å². The second kappa shape index (κ2) is 7.17. The van der Waals surface area contributed by atoms with E-state index in [0.717, 1.165) is 15.1 Å². The lowest BCUT2D eigenvalue weighted by Gasteiger charge is -2.14. The molecule has 0 bridgehead atoms. The standard InChI is InChI=1S/C21H17N3O5S/c25-17-9-12(22-21-24(17)15-7-3-4-8-16(15)30-21)11-29-18(26)10-23-19(27)13-5-1-2-6-14(13)20(23)28/h1-4,7-9,13-14H,5-6,10-11H2/t13-,14+. The first-order chi connectivity index (χ1) is 14.5. The number of benzene rings is 1. The Kier molecular flexibility index (Phi) is 4.47. The SMILES string of the molecule is O=C(CN1C(=O)[C@H]2CC=CC[C@H]2C1=O)OCc1cc(=O)n2c(n1)sc1ccccc12. The Morgan fingerprint density at radius 1 is 1.10 bits per heavy atom. The van der Waals surface area contributed by atoms with Crippen LogP contribution in [0.5, 0.6) is 0 Å². The van der Waals surface area contributed by atoms with Gasteiger partial charge in [-0.3, -0.25) is 28.5 Å². The fraction of sp³-hybridized carbons (Fsp3) is 0.286. The van der Waals surface area contributed by atoms with E-state index in [1.807, 2.05) is 36.4 Å². The van der Waals surface area contributed by atoms with Crippen LogP contribution in [0, 0.1) is 11.8 Å². The number of thiazole rings is 1. The van der Waals surface area contributed by atoms with Gasteiger partial charge in [0.25, 0.3) is 5.56 Å². The van der Waals surface area contributed by atoms with Crippen LogP contribution in [0.2, 0.25) is 0 Å². The fourth-order valence-electron chi connectivity index (χ4n) is 4.05. The number of ether oxygens (including phenoxy) is 1. The van der Waals surface area contributed by atoms with Crippen LogP contribution in [0.4, 0.5) is 0 Å². The highest BCUT2D eigenvalue weighted by Gasteiger charge is 2.47. The monoisotopic (exact) mass is 423 g/mol. The number of imide groups is 1. The molecule has 0 radical (unpaired) electrons. The molecule has 3 heterocycles. The highest BCUT2D eigenvalue weighted by Crippen LogP contribution is 2.34. The third-order valence-electron chi connectivity index (χ3n) is 5.52. The van der Waals surface area contributed by atoms with Gasteiger partial charge in [-0.05, 0) is 25.0 Å². The summed E-state index contributed by atoms with van der Waals surface area (Å²) in [6, 6.07) is 8.82. The molecule has 30 heavy (non-hydrogen) atoms. The zero-order valence-corrected chi connectivity index (χ0v) is 16.6. The second-order valence-corrected chi connectivity index (χ2v) is 8.36. The van der Waals surface area contributed by atoms with Crippen LogP contribution in [0.25, 0.3) is 15.2 Å². The zero-order chi connectivity index (χ0) is 20.8. The van der Waals surface area contributed by atoms with Gasteiger partial charge in [0.15, 0.2) is 4.96 Å². The van der Waals surface area contributed by atoms with Gasteiger partial charge in [0.2, 0.25) is 11.8 Å². The van der Waals surface area contributed by atoms with Gasteiger partial charge >= 0.3 is 5.97 Å². The van der Waals surface area contributed by atoms with Gasteiger partial charge in [0.1, 0.15) is 13.2 Å². The van der Waals surface area contributed by atoms with E-state index < -0.39 is 12.5 Å². The van der Waals surface area contributed by atoms with Gasteiger partial charge in [0, 0.05) is 6.07 Å². The van der Waals surface area contributed by atoms with Crippen LogP contribution >= 0.6 is 11.3 Å². The highest BCUT2D eigenvalue weighted by molar-refractivity contribution is 7.23. The maximum absolute atomic E-state index is 12.5. The first-order valence-corrected chi connectivity index (χ1v) is 10.4. The number of rotatable bonds is 4. The van der Waals surface area contributed by atoms with Crippen molar-refractivity contribution in [3.63, 3.8) is 0 Å². The molecular formula is C21H17N3O5S. The van der Waals surface area contributed by atoms with Crippen LogP contribution < -0.4 is 5.56 Å². The van der Waals surface area contributed by atoms with Gasteiger partial charge in [0.05, 0.1) is 27.7 Å². The molecule has 8 nitrogen and oxygen atoms in total. The molecule has 2 atom stereocenters. The van der Waals surface area contributed by atoms with Crippen molar-refractivity contribution >= 4 is 44.3 Å². The van der Waals surface area contributed by atoms with E-state index in [2.05, 4.69) is 4.98 Å². The van der Waals surface area contributed by atoms with Crippen molar-refractivity contribution in [1.82, 2.24) is 14.3 Å². The Bertz CT molecular complexity index is 1260. The van der Waals surface area contributed by atoms with Crippen molar-refractivity contribution < 1.29 is 19.1 Å². The van der Waals surface area contributed by atoms with Crippen LogP contribution in [0.1, 0.15) is 18.5 Å². The molecule has 1 fully saturated rings. The molecule has 3 aromatic rings. The number of carbonyl (C=O) groups is 3. The first kappa shape index (κ1) is 18.7. The highest BCUT2D eigenvalue weighted by atomic mass is 32.1. The van der Waals surface area contributed by atoms with Gasteiger partial charge < -0.3 is 4.74 Å². The number of allylic oxidation sites excluding steroid dienone is 2. The average Bonchev–Trinajstić information content (AvgIpc) is 3.24. The molecular weight excluding hydrogens is 406 g/mol. The molecule has 1 aliphatic carbocycles. The van der Waals surface area contributed by atoms with Gasteiger partial charge in [-0.25, -0.2) is 4.98 Å². The third kappa shape index (κ3) is 3.02.